The molecule has 0 aliphatic heterocycles. The molecule has 0 fully saturated rings. The van der Waals surface area contributed by atoms with Crippen molar-refractivity contribution in [3.63, 3.8) is 0 Å². The van der Waals surface area contributed by atoms with Crippen LogP contribution in [0.3, 0.4) is 0 Å². The first kappa shape index (κ1) is 16.7. The summed E-state index contributed by atoms with van der Waals surface area (Å²) in [5.41, 5.74) is 3.74. The smallest absolute Gasteiger partial charge is 0.148 e. The van der Waals surface area contributed by atoms with Gasteiger partial charge in [0.15, 0.2) is 0 Å². The second-order valence-electron chi connectivity index (χ2n) is 5.34. The van der Waals surface area contributed by atoms with Crippen molar-refractivity contribution in [2.45, 2.75) is 71.8 Å². The molecule has 1 heterocycles. The van der Waals surface area contributed by atoms with Crippen LogP contribution >= 0.6 is 0 Å². The molecule has 5 heteroatoms. The fraction of sp³-hybridized carbons (Fsp3) is 0.733. The van der Waals surface area contributed by atoms with Crippen LogP contribution in [-0.4, -0.2) is 16.0 Å². The van der Waals surface area contributed by atoms with Crippen LogP contribution in [0.5, 0.6) is 0 Å². The van der Waals surface area contributed by atoms with E-state index in [1.54, 1.807) is 6.33 Å². The third kappa shape index (κ3) is 5.33. The molecule has 0 spiro atoms. The molecule has 0 saturated heterocycles. The summed E-state index contributed by atoms with van der Waals surface area (Å²) in [5.74, 6) is 7.17. The van der Waals surface area contributed by atoms with Gasteiger partial charge in [-0.2, -0.15) is 0 Å². The number of hydrogen-bond acceptors (Lipinski definition) is 5. The topological polar surface area (TPSA) is 75.9 Å². The number of aromatic nitrogens is 2. The van der Waals surface area contributed by atoms with Crippen LogP contribution in [-0.2, 0) is 6.42 Å². The maximum absolute atomic E-state index is 5.53. The summed E-state index contributed by atoms with van der Waals surface area (Å²) >= 11 is 0. The summed E-state index contributed by atoms with van der Waals surface area (Å²) in [5, 5.41) is 3.50. The van der Waals surface area contributed by atoms with E-state index < -0.39 is 0 Å². The molecular formula is C15H29N5. The highest BCUT2D eigenvalue weighted by atomic mass is 15.3. The minimum absolute atomic E-state index is 0.419. The Labute approximate surface area is 122 Å². The van der Waals surface area contributed by atoms with E-state index in [1.807, 2.05) is 0 Å². The number of nitrogens with two attached hydrogens (primary N) is 1. The molecule has 1 atom stereocenters. The minimum atomic E-state index is 0.419. The van der Waals surface area contributed by atoms with Crippen molar-refractivity contribution in [1.29, 1.82) is 0 Å². The minimum Gasteiger partial charge on any atom is -0.367 e. The Kier molecular flexibility index (Phi) is 7.95. The van der Waals surface area contributed by atoms with Crippen LogP contribution in [0.1, 0.15) is 64.9 Å². The predicted molar refractivity (Wildman–Crippen MR) is 85.7 cm³/mol. The largest absolute Gasteiger partial charge is 0.367 e. The van der Waals surface area contributed by atoms with Crippen molar-refractivity contribution in [1.82, 2.24) is 9.97 Å². The molecule has 0 aromatic carbocycles. The average molecular weight is 279 g/mol. The Bertz CT molecular complexity index is 381. The lowest BCUT2D eigenvalue weighted by Gasteiger charge is -2.18. The van der Waals surface area contributed by atoms with Gasteiger partial charge in [0.1, 0.15) is 18.0 Å². The maximum Gasteiger partial charge on any atom is 0.148 e. The highest BCUT2D eigenvalue weighted by molar-refractivity contribution is 5.57. The van der Waals surface area contributed by atoms with E-state index >= 15 is 0 Å². The summed E-state index contributed by atoms with van der Waals surface area (Å²) in [6.45, 7) is 6.59. The van der Waals surface area contributed by atoms with Crippen LogP contribution in [0, 0.1) is 0 Å². The van der Waals surface area contributed by atoms with E-state index in [0.717, 1.165) is 30.0 Å². The number of nitrogens with zero attached hydrogens (tertiary/aromatic N) is 2. The van der Waals surface area contributed by atoms with E-state index in [0.29, 0.717) is 6.04 Å². The molecule has 5 nitrogen and oxygen atoms in total. The molecule has 0 aliphatic rings. The van der Waals surface area contributed by atoms with E-state index in [2.05, 4.69) is 41.5 Å². The van der Waals surface area contributed by atoms with Crippen molar-refractivity contribution < 1.29 is 0 Å². The number of nitrogen functional groups attached to an aromatic ring is 1. The number of unbranched alkanes of at least 4 members (excludes halogenated alkanes) is 3. The number of hydrazine groups is 1. The zero-order valence-electron chi connectivity index (χ0n) is 13.1. The van der Waals surface area contributed by atoms with Crippen molar-refractivity contribution in [3.05, 3.63) is 11.9 Å². The van der Waals surface area contributed by atoms with E-state index in [4.69, 9.17) is 5.84 Å². The quantitative estimate of drug-likeness (QED) is 0.347. The molecule has 114 valence electrons. The third-order valence-corrected chi connectivity index (χ3v) is 3.46. The first-order valence-electron chi connectivity index (χ1n) is 7.79. The second kappa shape index (κ2) is 9.53. The van der Waals surface area contributed by atoms with Gasteiger partial charge in [-0.25, -0.2) is 15.8 Å². The maximum atomic E-state index is 5.53. The number of nitrogens with one attached hydrogen (secondary N) is 2. The molecule has 1 unspecified atom stereocenters. The average Bonchev–Trinajstić information content (AvgIpc) is 2.45. The molecule has 1 aromatic rings. The molecule has 0 radical (unpaired) electrons. The van der Waals surface area contributed by atoms with Crippen molar-refractivity contribution in [2.75, 3.05) is 10.7 Å². The highest BCUT2D eigenvalue weighted by Gasteiger charge is 2.12. The van der Waals surface area contributed by atoms with Crippen LogP contribution in [0.25, 0.3) is 0 Å². The molecule has 20 heavy (non-hydrogen) atoms. The summed E-state index contributed by atoms with van der Waals surface area (Å²) in [7, 11) is 0. The molecule has 0 aliphatic carbocycles. The molecule has 0 saturated carbocycles. The first-order valence-corrected chi connectivity index (χ1v) is 7.79. The number of hydrogen-bond donors (Lipinski definition) is 3. The Morgan fingerprint density at radius 2 is 1.85 bits per heavy atom. The van der Waals surface area contributed by atoms with Gasteiger partial charge >= 0.3 is 0 Å². The monoisotopic (exact) mass is 279 g/mol. The van der Waals surface area contributed by atoms with E-state index in [1.165, 1.54) is 32.1 Å². The molecule has 0 amide bonds. The van der Waals surface area contributed by atoms with Gasteiger partial charge in [-0.3, -0.25) is 0 Å². The second-order valence-corrected chi connectivity index (χ2v) is 5.34. The third-order valence-electron chi connectivity index (χ3n) is 3.46. The van der Waals surface area contributed by atoms with Gasteiger partial charge in [0.05, 0.1) is 0 Å². The molecule has 4 N–H and O–H groups in total. The van der Waals surface area contributed by atoms with Gasteiger partial charge in [0, 0.05) is 11.6 Å². The normalized spacial score (nSPS) is 12.2. The van der Waals surface area contributed by atoms with E-state index in [-0.39, 0.29) is 0 Å². The summed E-state index contributed by atoms with van der Waals surface area (Å²) in [6.07, 6.45) is 9.86. The van der Waals surface area contributed by atoms with Crippen molar-refractivity contribution >= 4 is 11.6 Å². The number of rotatable bonds is 10. The molecule has 0 bridgehead atoms. The summed E-state index contributed by atoms with van der Waals surface area (Å²) in [6, 6.07) is 0.419. The molecular weight excluding hydrogens is 250 g/mol. The van der Waals surface area contributed by atoms with Crippen LogP contribution in [0.15, 0.2) is 6.33 Å². The zero-order valence-corrected chi connectivity index (χ0v) is 13.1. The zero-order chi connectivity index (χ0) is 14.8. The molecule has 1 aromatic heterocycles. The van der Waals surface area contributed by atoms with E-state index in [9.17, 15) is 0 Å². The summed E-state index contributed by atoms with van der Waals surface area (Å²) in [4.78, 5) is 8.56. The lowest BCUT2D eigenvalue weighted by Crippen LogP contribution is -2.19. The standard InChI is InChI=1S/C15H29N5/c1-4-6-7-8-10-12(3)19-14-13(9-5-2)15(20-16)18-11-17-14/h11-12H,4-10,16H2,1-3H3,(H2,17,18,19,20). The van der Waals surface area contributed by atoms with Gasteiger partial charge in [-0.05, 0) is 19.8 Å². The van der Waals surface area contributed by atoms with Crippen LogP contribution in [0.4, 0.5) is 11.6 Å². The Hall–Kier alpha value is -1.36. The fourth-order valence-electron chi connectivity index (χ4n) is 2.33. The summed E-state index contributed by atoms with van der Waals surface area (Å²) < 4.78 is 0. The lowest BCUT2D eigenvalue weighted by molar-refractivity contribution is 0.592. The van der Waals surface area contributed by atoms with Gasteiger partial charge in [0.25, 0.3) is 0 Å². The Morgan fingerprint density at radius 3 is 2.50 bits per heavy atom. The van der Waals surface area contributed by atoms with Gasteiger partial charge in [-0.1, -0.05) is 46.0 Å². The SMILES string of the molecule is CCCCCCC(C)Nc1ncnc(NN)c1CCC. The Morgan fingerprint density at radius 1 is 1.10 bits per heavy atom. The van der Waals surface area contributed by atoms with Crippen molar-refractivity contribution in [2.24, 2.45) is 5.84 Å². The first-order chi connectivity index (χ1) is 9.72. The lowest BCUT2D eigenvalue weighted by atomic mass is 10.1. The van der Waals surface area contributed by atoms with Crippen LogP contribution in [0.2, 0.25) is 0 Å². The Balaban J connectivity index is 2.61. The van der Waals surface area contributed by atoms with Gasteiger partial charge in [0.2, 0.25) is 0 Å². The fourth-order valence-corrected chi connectivity index (χ4v) is 2.33. The highest BCUT2D eigenvalue weighted by Crippen LogP contribution is 2.22. The van der Waals surface area contributed by atoms with Gasteiger partial charge in [-0.15, -0.1) is 0 Å². The van der Waals surface area contributed by atoms with Crippen molar-refractivity contribution in [3.8, 4) is 0 Å². The number of anilines is 2. The predicted octanol–water partition coefficient (Wildman–Crippen LogP) is 3.49. The molecule has 1 rings (SSSR count). The van der Waals surface area contributed by atoms with Crippen LogP contribution < -0.4 is 16.6 Å². The van der Waals surface area contributed by atoms with Gasteiger partial charge < -0.3 is 10.7 Å².